The molecule has 0 spiro atoms. The number of halogens is 3. The van der Waals surface area contributed by atoms with E-state index in [9.17, 15) is 13.2 Å². The van der Waals surface area contributed by atoms with Crippen LogP contribution in [0.3, 0.4) is 0 Å². The molecule has 0 unspecified atom stereocenters. The van der Waals surface area contributed by atoms with Gasteiger partial charge in [-0.25, -0.2) is 0 Å². The number of hydrogen-bond donors (Lipinski definition) is 1. The molecule has 1 aromatic carbocycles. The van der Waals surface area contributed by atoms with Crippen LogP contribution in [0, 0.1) is 11.3 Å². The van der Waals surface area contributed by atoms with Crippen LogP contribution in [0.25, 0.3) is 17.4 Å². The van der Waals surface area contributed by atoms with Crippen LogP contribution in [0.5, 0.6) is 0 Å². The summed E-state index contributed by atoms with van der Waals surface area (Å²) in [5.41, 5.74) is 4.93. The van der Waals surface area contributed by atoms with E-state index in [4.69, 9.17) is 27.6 Å². The Kier molecular flexibility index (Phi) is 4.33. The molecule has 2 aromatic rings. The fourth-order valence-corrected chi connectivity index (χ4v) is 1.84. The molecule has 7 heteroatoms. The predicted molar refractivity (Wildman–Crippen MR) is 79.5 cm³/mol. The van der Waals surface area contributed by atoms with E-state index in [1.807, 2.05) is 6.07 Å². The van der Waals surface area contributed by atoms with Crippen molar-refractivity contribution < 1.29 is 17.6 Å². The summed E-state index contributed by atoms with van der Waals surface area (Å²) in [5.74, 6) is 0.523. The third-order valence-corrected chi connectivity index (χ3v) is 2.99. The Labute approximate surface area is 129 Å². The maximum Gasteiger partial charge on any atom is 0.416 e. The quantitative estimate of drug-likeness (QED) is 0.523. The van der Waals surface area contributed by atoms with E-state index in [0.29, 0.717) is 0 Å². The van der Waals surface area contributed by atoms with Crippen molar-refractivity contribution in [2.75, 3.05) is 0 Å². The highest BCUT2D eigenvalue weighted by Crippen LogP contribution is 2.32. The van der Waals surface area contributed by atoms with Crippen LogP contribution in [0.4, 0.5) is 13.2 Å². The topological polar surface area (TPSA) is 63.0 Å². The average Bonchev–Trinajstić information content (AvgIpc) is 2.92. The van der Waals surface area contributed by atoms with Gasteiger partial charge in [0.05, 0.1) is 11.1 Å². The van der Waals surface area contributed by atoms with Gasteiger partial charge >= 0.3 is 6.18 Å². The Balaban J connectivity index is 2.37. The van der Waals surface area contributed by atoms with E-state index in [1.165, 1.54) is 30.3 Å². The van der Waals surface area contributed by atoms with Crippen LogP contribution in [-0.2, 0) is 6.18 Å². The number of nitriles is 1. The molecule has 0 aliphatic heterocycles. The zero-order valence-electron chi connectivity index (χ0n) is 11.0. The van der Waals surface area contributed by atoms with Gasteiger partial charge in [0.15, 0.2) is 0 Å². The summed E-state index contributed by atoms with van der Waals surface area (Å²) in [6.45, 7) is 0. The fraction of sp³-hybridized carbons (Fsp3) is 0.0667. The third kappa shape index (κ3) is 3.54. The molecule has 1 heterocycles. The molecule has 0 aliphatic carbocycles. The summed E-state index contributed by atoms with van der Waals surface area (Å²) in [5, 5.41) is 8.86. The van der Waals surface area contributed by atoms with E-state index < -0.39 is 11.7 Å². The van der Waals surface area contributed by atoms with E-state index >= 15 is 0 Å². The lowest BCUT2D eigenvalue weighted by Crippen LogP contribution is -2.09. The van der Waals surface area contributed by atoms with Gasteiger partial charge in [-0.15, -0.1) is 0 Å². The first-order chi connectivity index (χ1) is 10.3. The summed E-state index contributed by atoms with van der Waals surface area (Å²) >= 11 is 4.69. The molecule has 3 nitrogen and oxygen atoms in total. The number of thiocarbonyl (C=S) groups is 1. The highest BCUT2D eigenvalue weighted by atomic mass is 32.1. The van der Waals surface area contributed by atoms with E-state index in [-0.39, 0.29) is 27.6 Å². The minimum atomic E-state index is -4.43. The number of benzene rings is 1. The van der Waals surface area contributed by atoms with Gasteiger partial charge in [-0.1, -0.05) is 24.4 Å². The van der Waals surface area contributed by atoms with Crippen molar-refractivity contribution in [2.24, 2.45) is 5.73 Å². The molecule has 22 heavy (non-hydrogen) atoms. The Morgan fingerprint density at radius 1 is 1.27 bits per heavy atom. The monoisotopic (exact) mass is 322 g/mol. The van der Waals surface area contributed by atoms with Crippen LogP contribution in [0.2, 0.25) is 0 Å². The molecule has 112 valence electrons. The Bertz CT molecular complexity index is 785. The van der Waals surface area contributed by atoms with E-state index in [0.717, 1.165) is 12.1 Å². The Morgan fingerprint density at radius 3 is 2.59 bits per heavy atom. The summed E-state index contributed by atoms with van der Waals surface area (Å²) in [6.07, 6.45) is -3.09. The van der Waals surface area contributed by atoms with Gasteiger partial charge in [-0.2, -0.15) is 18.4 Å². The minimum absolute atomic E-state index is 0.0555. The molecule has 1 aromatic heterocycles. The van der Waals surface area contributed by atoms with Crippen molar-refractivity contribution >= 4 is 23.3 Å². The van der Waals surface area contributed by atoms with Crippen molar-refractivity contribution in [1.82, 2.24) is 0 Å². The van der Waals surface area contributed by atoms with Gasteiger partial charge in [-0.05, 0) is 24.3 Å². The normalized spacial score (nSPS) is 12.0. The molecule has 0 aliphatic rings. The summed E-state index contributed by atoms with van der Waals surface area (Å²) in [4.78, 5) is -0.0838. The molecule has 2 N–H and O–H groups in total. The Hall–Kier alpha value is -2.59. The number of alkyl halides is 3. The van der Waals surface area contributed by atoms with Gasteiger partial charge in [0.2, 0.25) is 0 Å². The van der Waals surface area contributed by atoms with Crippen LogP contribution >= 0.6 is 12.2 Å². The lowest BCUT2D eigenvalue weighted by atomic mass is 10.1. The molecule has 2 rings (SSSR count). The summed E-state index contributed by atoms with van der Waals surface area (Å²) < 4.78 is 43.5. The molecule has 0 saturated heterocycles. The largest absolute Gasteiger partial charge is 0.457 e. The Morgan fingerprint density at radius 2 is 2.00 bits per heavy atom. The molecular formula is C15H9F3N2OS. The lowest BCUT2D eigenvalue weighted by Gasteiger charge is -2.07. The molecule has 0 radical (unpaired) electrons. The standard InChI is InChI=1S/C15H9F3N2OS/c16-15(17,18)11-3-1-2-9(6-11)13-5-4-12(21-13)7-10(8-19)14(20)22/h1-7H,(H2,20,22). The van der Waals surface area contributed by atoms with Crippen molar-refractivity contribution in [3.8, 4) is 17.4 Å². The number of nitrogens with two attached hydrogens (primary N) is 1. The smallest absolute Gasteiger partial charge is 0.416 e. The lowest BCUT2D eigenvalue weighted by molar-refractivity contribution is -0.137. The molecule has 0 amide bonds. The fourth-order valence-electron chi connectivity index (χ4n) is 1.74. The van der Waals surface area contributed by atoms with Crippen molar-refractivity contribution in [1.29, 1.82) is 5.26 Å². The average molecular weight is 322 g/mol. The zero-order chi connectivity index (χ0) is 16.3. The molecule has 0 fully saturated rings. The second kappa shape index (κ2) is 6.03. The molecule has 0 bridgehead atoms. The van der Waals surface area contributed by atoms with Gasteiger partial charge in [-0.3, -0.25) is 0 Å². The van der Waals surface area contributed by atoms with Crippen molar-refractivity contribution in [2.45, 2.75) is 6.18 Å². The molecule has 0 saturated carbocycles. The number of rotatable bonds is 3. The van der Waals surface area contributed by atoms with Crippen LogP contribution in [0.1, 0.15) is 11.3 Å². The summed E-state index contributed by atoms with van der Waals surface area (Å²) in [6, 6.07) is 9.61. The molecule has 0 atom stereocenters. The zero-order valence-corrected chi connectivity index (χ0v) is 11.8. The predicted octanol–water partition coefficient (Wildman–Crippen LogP) is 4.16. The highest BCUT2D eigenvalue weighted by molar-refractivity contribution is 7.80. The van der Waals surface area contributed by atoms with Crippen LogP contribution < -0.4 is 5.73 Å². The van der Waals surface area contributed by atoms with Gasteiger partial charge in [0.25, 0.3) is 0 Å². The van der Waals surface area contributed by atoms with Crippen LogP contribution in [0.15, 0.2) is 46.4 Å². The first-order valence-corrected chi connectivity index (χ1v) is 6.41. The van der Waals surface area contributed by atoms with E-state index in [1.54, 1.807) is 0 Å². The number of nitrogens with zero attached hydrogens (tertiary/aromatic N) is 1. The second-order valence-electron chi connectivity index (χ2n) is 4.31. The van der Waals surface area contributed by atoms with Crippen molar-refractivity contribution in [3.63, 3.8) is 0 Å². The minimum Gasteiger partial charge on any atom is -0.457 e. The maximum atomic E-state index is 12.7. The highest BCUT2D eigenvalue weighted by Gasteiger charge is 2.30. The van der Waals surface area contributed by atoms with Gasteiger partial charge in [0, 0.05) is 11.6 Å². The number of furan rings is 1. The summed E-state index contributed by atoms with van der Waals surface area (Å²) in [7, 11) is 0. The van der Waals surface area contributed by atoms with Crippen LogP contribution in [-0.4, -0.2) is 4.99 Å². The SMILES string of the molecule is N#CC(=Cc1ccc(-c2cccc(C(F)(F)F)c2)o1)C(N)=S. The van der Waals surface area contributed by atoms with Crippen molar-refractivity contribution in [3.05, 3.63) is 53.3 Å². The van der Waals surface area contributed by atoms with Gasteiger partial charge in [0.1, 0.15) is 22.6 Å². The van der Waals surface area contributed by atoms with Gasteiger partial charge < -0.3 is 10.2 Å². The number of hydrogen-bond acceptors (Lipinski definition) is 3. The van der Waals surface area contributed by atoms with E-state index in [2.05, 4.69) is 0 Å². The first-order valence-electron chi connectivity index (χ1n) is 6.00. The second-order valence-corrected chi connectivity index (χ2v) is 4.75. The first kappa shape index (κ1) is 15.8. The molecular weight excluding hydrogens is 313 g/mol. The maximum absolute atomic E-state index is 12.7. The third-order valence-electron chi connectivity index (χ3n) is 2.77.